The molecule has 0 spiro atoms. The van der Waals surface area contributed by atoms with Crippen LogP contribution in [0.1, 0.15) is 88.4 Å². The minimum absolute atomic E-state index is 0.0931. The molecule has 1 saturated heterocycles. The molecular formula is C44H46N2O8. The first kappa shape index (κ1) is 38.2. The lowest BCUT2D eigenvalue weighted by molar-refractivity contribution is -0.136. The third-order valence-electron chi connectivity index (χ3n) is 9.66. The summed E-state index contributed by atoms with van der Waals surface area (Å²) in [6, 6.07) is 30.1. The summed E-state index contributed by atoms with van der Waals surface area (Å²) in [5, 5.41) is 12.1. The molecule has 4 aromatic rings. The lowest BCUT2D eigenvalue weighted by Crippen LogP contribution is -2.54. The number of hydrogen-bond acceptors (Lipinski definition) is 8. The van der Waals surface area contributed by atoms with Gasteiger partial charge in [0.15, 0.2) is 0 Å². The largest absolute Gasteiger partial charge is 0.508 e. The van der Waals surface area contributed by atoms with Gasteiger partial charge in [-0.2, -0.15) is 0 Å². The minimum atomic E-state index is -0.964. The van der Waals surface area contributed by atoms with Gasteiger partial charge in [0.2, 0.25) is 11.8 Å². The summed E-state index contributed by atoms with van der Waals surface area (Å²) in [6.45, 7) is 4.83. The average Bonchev–Trinajstić information content (AvgIpc) is 3.43. The second-order valence-corrected chi connectivity index (χ2v) is 13.4. The molecule has 0 radical (unpaired) electrons. The first-order valence-electron chi connectivity index (χ1n) is 18.6. The molecule has 1 fully saturated rings. The molecule has 0 aliphatic carbocycles. The highest BCUT2D eigenvalue weighted by molar-refractivity contribution is 6.23. The number of rotatable bonds is 18. The van der Waals surface area contributed by atoms with Crippen LogP contribution in [0.2, 0.25) is 0 Å². The predicted molar refractivity (Wildman–Crippen MR) is 205 cm³/mol. The molecule has 0 aromatic heterocycles. The Bertz CT molecular complexity index is 1970. The number of nitrogens with zero attached hydrogens (tertiary/aromatic N) is 1. The van der Waals surface area contributed by atoms with Gasteiger partial charge in [0.25, 0.3) is 11.8 Å². The van der Waals surface area contributed by atoms with Crippen molar-refractivity contribution in [2.24, 2.45) is 0 Å². The van der Waals surface area contributed by atoms with Gasteiger partial charge in [-0.15, -0.1) is 0 Å². The van der Waals surface area contributed by atoms with E-state index in [2.05, 4.69) is 36.5 Å². The number of aryl methyl sites for hydroxylation is 1. The Morgan fingerprint density at radius 3 is 2.09 bits per heavy atom. The number of amides is 4. The first-order chi connectivity index (χ1) is 26.3. The number of benzene rings is 4. The zero-order valence-corrected chi connectivity index (χ0v) is 30.6. The van der Waals surface area contributed by atoms with Gasteiger partial charge >= 0.3 is 0 Å². The van der Waals surface area contributed by atoms with Gasteiger partial charge in [0, 0.05) is 26.2 Å². The highest BCUT2D eigenvalue weighted by Crippen LogP contribution is 2.36. The van der Waals surface area contributed by atoms with E-state index in [1.165, 1.54) is 11.1 Å². The Morgan fingerprint density at radius 2 is 1.39 bits per heavy atom. The van der Waals surface area contributed by atoms with Crippen LogP contribution in [0.3, 0.4) is 0 Å². The maximum Gasteiger partial charge on any atom is 0.262 e. The standard InChI is InChI=1S/C44H46N2O8/c1-2-36(31-10-4-3-5-11-31)41(32-13-17-34(47)18-14-32)33-15-19-35(20-16-33)54-28-27-53-26-8-25-52-24-7-6-9-30-12-21-37-38(29-30)44(51)46(43(37)50)39-22-23-40(48)45-42(39)49/h3-5,10-21,29,39,47H,2,6-9,22-28H2,1H3,(H,45,48,49)/b41-36-. The average molecular weight is 731 g/mol. The molecule has 1 atom stereocenters. The smallest absolute Gasteiger partial charge is 0.262 e. The van der Waals surface area contributed by atoms with Gasteiger partial charge in [0.1, 0.15) is 24.1 Å². The van der Waals surface area contributed by atoms with Crippen molar-refractivity contribution in [1.82, 2.24) is 10.2 Å². The maximum atomic E-state index is 13.1. The molecule has 280 valence electrons. The monoisotopic (exact) mass is 730 g/mol. The first-order valence-corrected chi connectivity index (χ1v) is 18.6. The maximum absolute atomic E-state index is 13.1. The van der Waals surface area contributed by atoms with Crippen molar-refractivity contribution in [3.63, 3.8) is 0 Å². The Balaban J connectivity index is 0.865. The predicted octanol–water partition coefficient (Wildman–Crippen LogP) is 6.99. The second kappa shape index (κ2) is 18.4. The Hall–Kier alpha value is -5.58. The minimum Gasteiger partial charge on any atom is -0.508 e. The van der Waals surface area contributed by atoms with Crippen LogP contribution in [0.25, 0.3) is 11.1 Å². The number of carbonyl (C=O) groups excluding carboxylic acids is 4. The zero-order chi connectivity index (χ0) is 37.9. The van der Waals surface area contributed by atoms with Gasteiger partial charge in [-0.1, -0.05) is 67.6 Å². The summed E-state index contributed by atoms with van der Waals surface area (Å²) < 4.78 is 17.5. The van der Waals surface area contributed by atoms with Crippen molar-refractivity contribution in [2.45, 2.75) is 57.9 Å². The van der Waals surface area contributed by atoms with Gasteiger partial charge in [-0.05, 0) is 108 Å². The van der Waals surface area contributed by atoms with Crippen LogP contribution in [0.4, 0.5) is 0 Å². The van der Waals surface area contributed by atoms with E-state index in [0.29, 0.717) is 44.2 Å². The van der Waals surface area contributed by atoms with E-state index in [1.54, 1.807) is 24.3 Å². The van der Waals surface area contributed by atoms with Crippen molar-refractivity contribution in [1.29, 1.82) is 0 Å². The number of ether oxygens (including phenoxy) is 3. The number of phenolic OH excluding ortho intramolecular Hbond substituents is 1. The highest BCUT2D eigenvalue weighted by Gasteiger charge is 2.44. The number of nitrogens with one attached hydrogen (secondary N) is 1. The molecule has 2 heterocycles. The Morgan fingerprint density at radius 1 is 0.722 bits per heavy atom. The van der Waals surface area contributed by atoms with E-state index in [4.69, 9.17) is 14.2 Å². The topological polar surface area (TPSA) is 131 Å². The van der Waals surface area contributed by atoms with Crippen LogP contribution in [0.15, 0.2) is 97.1 Å². The molecular weight excluding hydrogens is 684 g/mol. The number of hydrogen-bond donors (Lipinski definition) is 2. The molecule has 0 saturated carbocycles. The third kappa shape index (κ3) is 9.31. The summed E-state index contributed by atoms with van der Waals surface area (Å²) in [5.74, 6) is -0.986. The molecule has 2 N–H and O–H groups in total. The number of imide groups is 2. The van der Waals surface area contributed by atoms with Gasteiger partial charge in [0.05, 0.1) is 17.7 Å². The second-order valence-electron chi connectivity index (χ2n) is 13.4. The number of phenols is 1. The van der Waals surface area contributed by atoms with E-state index < -0.39 is 29.7 Å². The summed E-state index contributed by atoms with van der Waals surface area (Å²) in [5.41, 5.74) is 7.16. The molecule has 4 amide bonds. The van der Waals surface area contributed by atoms with Crippen LogP contribution in [0, 0.1) is 0 Å². The van der Waals surface area contributed by atoms with Crippen LogP contribution in [0.5, 0.6) is 11.5 Å². The summed E-state index contributed by atoms with van der Waals surface area (Å²) in [7, 11) is 0. The molecule has 2 aliphatic rings. The number of carbonyl (C=O) groups is 4. The fraction of sp³-hybridized carbons (Fsp3) is 0.318. The third-order valence-corrected chi connectivity index (χ3v) is 9.66. The lowest BCUT2D eigenvalue weighted by Gasteiger charge is -2.27. The molecule has 4 aromatic carbocycles. The van der Waals surface area contributed by atoms with Gasteiger partial charge in [-0.3, -0.25) is 29.4 Å². The van der Waals surface area contributed by atoms with E-state index in [-0.39, 0.29) is 18.6 Å². The van der Waals surface area contributed by atoms with Crippen LogP contribution < -0.4 is 10.1 Å². The van der Waals surface area contributed by atoms with Gasteiger partial charge < -0.3 is 19.3 Å². The van der Waals surface area contributed by atoms with Crippen LogP contribution >= 0.6 is 0 Å². The van der Waals surface area contributed by atoms with Crippen molar-refractivity contribution >= 4 is 34.8 Å². The fourth-order valence-corrected chi connectivity index (χ4v) is 6.92. The van der Waals surface area contributed by atoms with E-state index in [0.717, 1.165) is 65.0 Å². The molecule has 10 nitrogen and oxygen atoms in total. The van der Waals surface area contributed by atoms with E-state index >= 15 is 0 Å². The quantitative estimate of drug-likeness (QED) is 0.0637. The SMILES string of the molecule is CC/C(=C(\c1ccc(O)cc1)c1ccc(OCCOCCCOCCCCc2ccc3c(c2)C(=O)N(C2CCC(=O)NC2=O)C3=O)cc1)c1ccccc1. The van der Waals surface area contributed by atoms with Gasteiger partial charge in [-0.25, -0.2) is 0 Å². The lowest BCUT2D eigenvalue weighted by atomic mass is 9.88. The number of piperidine rings is 1. The number of unbranched alkanes of at least 4 members (excludes halogenated alkanes) is 1. The summed E-state index contributed by atoms with van der Waals surface area (Å²) in [6.07, 6.45) is 4.28. The van der Waals surface area contributed by atoms with E-state index in [9.17, 15) is 24.3 Å². The molecule has 10 heteroatoms. The Kier molecular flexibility index (Phi) is 13.0. The fourth-order valence-electron chi connectivity index (χ4n) is 6.92. The van der Waals surface area contributed by atoms with Crippen molar-refractivity contribution in [2.75, 3.05) is 33.0 Å². The summed E-state index contributed by atoms with van der Waals surface area (Å²) >= 11 is 0. The summed E-state index contributed by atoms with van der Waals surface area (Å²) in [4.78, 5) is 50.7. The van der Waals surface area contributed by atoms with E-state index in [1.807, 2.05) is 48.5 Å². The highest BCUT2D eigenvalue weighted by atomic mass is 16.5. The molecule has 2 aliphatic heterocycles. The van der Waals surface area contributed by atoms with Crippen LogP contribution in [-0.4, -0.2) is 72.7 Å². The molecule has 54 heavy (non-hydrogen) atoms. The molecule has 6 rings (SSSR count). The van der Waals surface area contributed by atoms with Crippen molar-refractivity contribution in [3.8, 4) is 11.5 Å². The Labute approximate surface area is 315 Å². The molecule has 1 unspecified atom stereocenters. The van der Waals surface area contributed by atoms with Crippen LogP contribution in [-0.2, 0) is 25.5 Å². The number of allylic oxidation sites excluding steroid dienone is 1. The number of fused-ring (bicyclic) bond motifs is 1. The molecule has 0 bridgehead atoms. The number of aromatic hydroxyl groups is 1. The zero-order valence-electron chi connectivity index (χ0n) is 30.6. The normalized spacial score (nSPS) is 15.9. The van der Waals surface area contributed by atoms with Crippen molar-refractivity contribution < 1.29 is 38.5 Å². The van der Waals surface area contributed by atoms with Crippen molar-refractivity contribution in [3.05, 3.63) is 130 Å².